The van der Waals surface area contributed by atoms with Crippen LogP contribution in [0.5, 0.6) is 0 Å². The first-order valence-electron chi connectivity index (χ1n) is 18.9. The van der Waals surface area contributed by atoms with E-state index in [1.54, 1.807) is 0 Å². The fraction of sp³-hybridized carbons (Fsp3) is 0.0192. The quantitative estimate of drug-likeness (QED) is 0.181. The van der Waals surface area contributed by atoms with Crippen LogP contribution in [0.15, 0.2) is 204 Å². The molecule has 2 aromatic heterocycles. The van der Waals surface area contributed by atoms with Gasteiger partial charge in [-0.15, -0.1) is 0 Å². The van der Waals surface area contributed by atoms with Crippen LogP contribution in [0.4, 0.5) is 0 Å². The third kappa shape index (κ3) is 4.24. The summed E-state index contributed by atoms with van der Waals surface area (Å²) in [5.41, 5.74) is 14.2. The van der Waals surface area contributed by atoms with Crippen LogP contribution in [0.1, 0.15) is 22.3 Å². The van der Waals surface area contributed by atoms with Crippen LogP contribution in [0.25, 0.3) is 71.9 Å². The Labute approximate surface area is 323 Å². The van der Waals surface area contributed by atoms with Crippen molar-refractivity contribution in [2.45, 2.75) is 15.2 Å². The van der Waals surface area contributed by atoms with Gasteiger partial charge in [-0.05, 0) is 79.5 Å². The minimum absolute atomic E-state index is 0.476. The summed E-state index contributed by atoms with van der Waals surface area (Å²) in [6.07, 6.45) is 0. The Balaban J connectivity index is 1.27. The lowest BCUT2D eigenvalue weighted by Crippen LogP contribution is -2.32. The molecule has 0 unspecified atom stereocenters. The van der Waals surface area contributed by atoms with Crippen molar-refractivity contribution in [2.24, 2.45) is 0 Å². The van der Waals surface area contributed by atoms with Crippen molar-refractivity contribution in [2.75, 3.05) is 0 Å². The van der Waals surface area contributed by atoms with Crippen LogP contribution < -0.4 is 0 Å². The van der Waals surface area contributed by atoms with E-state index in [2.05, 4.69) is 199 Å². The van der Waals surface area contributed by atoms with Gasteiger partial charge in [0.2, 0.25) is 0 Å². The van der Waals surface area contributed by atoms with E-state index >= 15 is 0 Å². The molecule has 12 rings (SSSR count). The number of fused-ring (bicyclic) bond motifs is 15. The first kappa shape index (κ1) is 30.7. The Bertz CT molecular complexity index is 3070. The number of benzene rings is 8. The van der Waals surface area contributed by atoms with Crippen LogP contribution in [0, 0.1) is 0 Å². The molecule has 0 saturated carbocycles. The van der Waals surface area contributed by atoms with Crippen molar-refractivity contribution in [3.63, 3.8) is 0 Å². The van der Waals surface area contributed by atoms with Crippen molar-refractivity contribution in [1.29, 1.82) is 0 Å². The first-order valence-corrected chi connectivity index (χ1v) is 19.7. The number of pyridine rings is 1. The van der Waals surface area contributed by atoms with E-state index in [-0.39, 0.29) is 0 Å². The monoisotopic (exact) mass is 716 g/mol. The maximum atomic E-state index is 5.56. The number of hydrogen-bond donors (Lipinski definition) is 0. The maximum absolute atomic E-state index is 5.56. The van der Waals surface area contributed by atoms with E-state index in [4.69, 9.17) is 4.98 Å². The highest BCUT2D eigenvalue weighted by Gasteiger charge is 2.50. The molecule has 1 spiro atoms. The van der Waals surface area contributed by atoms with E-state index in [9.17, 15) is 0 Å². The Morgan fingerprint density at radius 3 is 1.85 bits per heavy atom. The van der Waals surface area contributed by atoms with E-state index < -0.39 is 5.41 Å². The standard InChI is InChI=1S/C52H32N2S/c1-3-15-33(16-4-1)36-31-45(35-18-5-2-6-19-35)53-48(32-36)54-46-30-27-34-17-7-8-20-37(34)49(46)40-28-29-44-51(50(40)54)55-47-26-14-13-25-43(47)52(44)41-23-11-9-21-38(41)39-22-10-12-24-42(39)52/h1-32H. The second-order valence-electron chi connectivity index (χ2n) is 14.6. The molecule has 10 aromatic rings. The fourth-order valence-corrected chi connectivity index (χ4v) is 10.9. The zero-order valence-corrected chi connectivity index (χ0v) is 30.6. The lowest BCUT2D eigenvalue weighted by molar-refractivity contribution is 0.724. The third-order valence-corrected chi connectivity index (χ3v) is 13.0. The van der Waals surface area contributed by atoms with Gasteiger partial charge < -0.3 is 0 Å². The number of aromatic nitrogens is 2. The number of nitrogens with zero attached hydrogens (tertiary/aromatic N) is 2. The second-order valence-corrected chi connectivity index (χ2v) is 15.7. The summed E-state index contributed by atoms with van der Waals surface area (Å²) in [5.74, 6) is 0.907. The minimum Gasteiger partial charge on any atom is -0.293 e. The lowest BCUT2D eigenvalue weighted by Gasteiger charge is -2.40. The predicted octanol–water partition coefficient (Wildman–Crippen LogP) is 13.5. The summed E-state index contributed by atoms with van der Waals surface area (Å²) in [7, 11) is 0. The molecule has 0 radical (unpaired) electrons. The van der Waals surface area contributed by atoms with E-state index in [0.29, 0.717) is 0 Å². The Hall–Kier alpha value is -6.68. The van der Waals surface area contributed by atoms with Crippen LogP contribution in [-0.4, -0.2) is 9.55 Å². The first-order chi connectivity index (χ1) is 27.3. The van der Waals surface area contributed by atoms with Gasteiger partial charge in [0, 0.05) is 26.1 Å². The van der Waals surface area contributed by atoms with Gasteiger partial charge >= 0.3 is 0 Å². The summed E-state index contributed by atoms with van der Waals surface area (Å²) in [6, 6.07) is 71.2. The summed E-state index contributed by atoms with van der Waals surface area (Å²) in [4.78, 5) is 8.12. The minimum atomic E-state index is -0.476. The SMILES string of the molecule is c1ccc(-c2cc(-c3ccccc3)nc(-n3c4ccc5ccccc5c4c4ccc5c(c43)Sc3ccccc3C53c4ccccc4-c4ccccc43)c2)cc1. The molecule has 0 atom stereocenters. The average Bonchev–Trinajstić information content (AvgIpc) is 3.76. The highest BCUT2D eigenvalue weighted by Crippen LogP contribution is 2.63. The number of rotatable bonds is 3. The van der Waals surface area contributed by atoms with Gasteiger partial charge in [0.1, 0.15) is 5.82 Å². The highest BCUT2D eigenvalue weighted by molar-refractivity contribution is 7.99. The van der Waals surface area contributed by atoms with Gasteiger partial charge in [0.15, 0.2) is 0 Å². The molecule has 2 nitrogen and oxygen atoms in total. The lowest BCUT2D eigenvalue weighted by atomic mass is 9.67. The Morgan fingerprint density at radius 2 is 1.09 bits per heavy atom. The molecule has 3 heterocycles. The Morgan fingerprint density at radius 1 is 0.455 bits per heavy atom. The summed E-state index contributed by atoms with van der Waals surface area (Å²) in [5, 5.41) is 4.97. The van der Waals surface area contributed by atoms with Gasteiger partial charge in [-0.3, -0.25) is 4.57 Å². The molecule has 0 bridgehead atoms. The molecule has 0 fully saturated rings. The molecule has 2 aliphatic rings. The van der Waals surface area contributed by atoms with Gasteiger partial charge in [-0.2, -0.15) is 0 Å². The van der Waals surface area contributed by atoms with Gasteiger partial charge in [0.25, 0.3) is 0 Å². The van der Waals surface area contributed by atoms with Crippen LogP contribution in [-0.2, 0) is 5.41 Å². The molecule has 0 N–H and O–H groups in total. The molecule has 0 amide bonds. The van der Waals surface area contributed by atoms with Crippen molar-refractivity contribution in [1.82, 2.24) is 9.55 Å². The molecule has 1 aliphatic carbocycles. The maximum Gasteiger partial charge on any atom is 0.138 e. The van der Waals surface area contributed by atoms with E-state index in [1.807, 2.05) is 11.8 Å². The van der Waals surface area contributed by atoms with Gasteiger partial charge in [-0.25, -0.2) is 4.98 Å². The smallest absolute Gasteiger partial charge is 0.138 e. The van der Waals surface area contributed by atoms with Crippen molar-refractivity contribution in [3.8, 4) is 39.3 Å². The summed E-state index contributed by atoms with van der Waals surface area (Å²) >= 11 is 1.90. The molecular formula is C52H32N2S. The van der Waals surface area contributed by atoms with Crippen molar-refractivity contribution < 1.29 is 0 Å². The van der Waals surface area contributed by atoms with Crippen LogP contribution in [0.2, 0.25) is 0 Å². The second kappa shape index (κ2) is 11.7. The predicted molar refractivity (Wildman–Crippen MR) is 228 cm³/mol. The zero-order valence-electron chi connectivity index (χ0n) is 29.8. The molecule has 55 heavy (non-hydrogen) atoms. The van der Waals surface area contributed by atoms with E-state index in [1.165, 1.54) is 70.2 Å². The summed E-state index contributed by atoms with van der Waals surface area (Å²) in [6.45, 7) is 0. The highest BCUT2D eigenvalue weighted by atomic mass is 32.2. The van der Waals surface area contributed by atoms with Crippen LogP contribution in [0.3, 0.4) is 0 Å². The fourth-order valence-electron chi connectivity index (χ4n) is 9.60. The van der Waals surface area contributed by atoms with Gasteiger partial charge in [-0.1, -0.05) is 182 Å². The largest absolute Gasteiger partial charge is 0.293 e. The normalized spacial score (nSPS) is 13.5. The molecule has 8 aromatic carbocycles. The van der Waals surface area contributed by atoms with Gasteiger partial charge in [0.05, 0.1) is 22.1 Å². The topological polar surface area (TPSA) is 17.8 Å². The Kier molecular flexibility index (Phi) is 6.52. The average molecular weight is 717 g/mol. The third-order valence-electron chi connectivity index (χ3n) is 11.8. The van der Waals surface area contributed by atoms with Crippen molar-refractivity contribution >= 4 is 44.3 Å². The zero-order chi connectivity index (χ0) is 36.1. The van der Waals surface area contributed by atoms with E-state index in [0.717, 1.165) is 33.7 Å². The van der Waals surface area contributed by atoms with Crippen LogP contribution >= 0.6 is 11.8 Å². The number of hydrogen-bond acceptors (Lipinski definition) is 2. The molecule has 256 valence electrons. The van der Waals surface area contributed by atoms with Crippen molar-refractivity contribution in [3.05, 3.63) is 216 Å². The molecule has 1 aliphatic heterocycles. The molecular weight excluding hydrogens is 685 g/mol. The molecule has 3 heteroatoms. The summed E-state index contributed by atoms with van der Waals surface area (Å²) < 4.78 is 2.47. The molecule has 0 saturated heterocycles.